The summed E-state index contributed by atoms with van der Waals surface area (Å²) in [6.07, 6.45) is 1.53. The third kappa shape index (κ3) is 4.97. The van der Waals surface area contributed by atoms with Crippen LogP contribution < -0.4 is 10.1 Å². The maximum Gasteiger partial charge on any atom is 0.266 e. The van der Waals surface area contributed by atoms with Crippen molar-refractivity contribution >= 4 is 40.0 Å². The summed E-state index contributed by atoms with van der Waals surface area (Å²) in [5.74, 6) is 0.0716. The molecular formula is C27H19ClN2O2. The fourth-order valence-electron chi connectivity index (χ4n) is 3.37. The predicted molar refractivity (Wildman–Crippen MR) is 128 cm³/mol. The Hall–Kier alpha value is -4.07. The van der Waals surface area contributed by atoms with Gasteiger partial charge in [0, 0.05) is 16.3 Å². The molecule has 1 amide bonds. The molecule has 4 nitrogen and oxygen atoms in total. The molecule has 0 radical (unpaired) electrons. The fraction of sp³-hybridized carbons (Fsp3) is 0.0370. The molecule has 4 rings (SSSR count). The molecule has 156 valence electrons. The predicted octanol–water partition coefficient (Wildman–Crippen LogP) is 6.62. The lowest BCUT2D eigenvalue weighted by Crippen LogP contribution is -2.13. The van der Waals surface area contributed by atoms with Crippen LogP contribution in [0.3, 0.4) is 0 Å². The van der Waals surface area contributed by atoms with Crippen LogP contribution in [0.4, 0.5) is 5.69 Å². The molecule has 4 aromatic rings. The summed E-state index contributed by atoms with van der Waals surface area (Å²) in [7, 11) is 0. The minimum atomic E-state index is -0.515. The molecule has 0 heterocycles. The number of para-hydroxylation sites is 1. The number of nitrogens with one attached hydrogen (secondary N) is 1. The lowest BCUT2D eigenvalue weighted by molar-refractivity contribution is -0.112. The maximum atomic E-state index is 12.6. The number of ether oxygens (including phenoxy) is 1. The number of halogens is 1. The molecule has 0 saturated heterocycles. The molecular weight excluding hydrogens is 420 g/mol. The van der Waals surface area contributed by atoms with E-state index in [-0.39, 0.29) is 5.57 Å². The van der Waals surface area contributed by atoms with Crippen LogP contribution in [0.2, 0.25) is 5.02 Å². The fourth-order valence-corrected chi connectivity index (χ4v) is 3.56. The van der Waals surface area contributed by atoms with Crippen molar-refractivity contribution in [3.05, 3.63) is 113 Å². The summed E-state index contributed by atoms with van der Waals surface area (Å²) in [5.41, 5.74) is 2.18. The molecule has 0 aliphatic rings. The zero-order valence-corrected chi connectivity index (χ0v) is 17.8. The van der Waals surface area contributed by atoms with Crippen molar-refractivity contribution in [3.63, 3.8) is 0 Å². The highest BCUT2D eigenvalue weighted by Crippen LogP contribution is 2.25. The van der Waals surface area contributed by atoms with Gasteiger partial charge in [0.15, 0.2) is 0 Å². The van der Waals surface area contributed by atoms with Crippen LogP contribution >= 0.6 is 11.6 Å². The third-order valence-corrected chi connectivity index (χ3v) is 5.16. The monoisotopic (exact) mass is 438 g/mol. The van der Waals surface area contributed by atoms with E-state index >= 15 is 0 Å². The van der Waals surface area contributed by atoms with E-state index in [2.05, 4.69) is 23.5 Å². The Morgan fingerprint density at radius 2 is 1.72 bits per heavy atom. The maximum absolute atomic E-state index is 12.6. The van der Waals surface area contributed by atoms with Gasteiger partial charge >= 0.3 is 0 Å². The summed E-state index contributed by atoms with van der Waals surface area (Å²) in [6, 6.07) is 30.3. The molecule has 0 fully saturated rings. The van der Waals surface area contributed by atoms with E-state index in [4.69, 9.17) is 16.3 Å². The normalized spacial score (nSPS) is 11.1. The number of rotatable bonds is 6. The van der Waals surface area contributed by atoms with Crippen LogP contribution in [0.1, 0.15) is 11.1 Å². The van der Waals surface area contributed by atoms with Crippen molar-refractivity contribution in [1.82, 2.24) is 0 Å². The van der Waals surface area contributed by atoms with E-state index in [0.29, 0.717) is 28.6 Å². The summed E-state index contributed by atoms with van der Waals surface area (Å²) >= 11 is 5.97. The molecule has 0 aliphatic carbocycles. The Labute approximate surface area is 191 Å². The van der Waals surface area contributed by atoms with Gasteiger partial charge in [0.25, 0.3) is 5.91 Å². The summed E-state index contributed by atoms with van der Waals surface area (Å²) in [5, 5.41) is 15.0. The second kappa shape index (κ2) is 9.82. The molecule has 5 heteroatoms. The van der Waals surface area contributed by atoms with Crippen molar-refractivity contribution in [2.45, 2.75) is 6.61 Å². The molecule has 1 N–H and O–H groups in total. The Morgan fingerprint density at radius 1 is 0.969 bits per heavy atom. The molecule has 0 aliphatic heterocycles. The number of carbonyl (C=O) groups is 1. The van der Waals surface area contributed by atoms with E-state index in [9.17, 15) is 10.1 Å². The van der Waals surface area contributed by atoms with Gasteiger partial charge in [0.1, 0.15) is 24.0 Å². The number of benzene rings is 4. The Kier molecular flexibility index (Phi) is 6.50. The lowest BCUT2D eigenvalue weighted by Gasteiger charge is -2.12. The average molecular weight is 439 g/mol. The van der Waals surface area contributed by atoms with Gasteiger partial charge in [0.05, 0.1) is 0 Å². The van der Waals surface area contributed by atoms with E-state index in [1.807, 2.05) is 54.6 Å². The van der Waals surface area contributed by atoms with E-state index < -0.39 is 5.91 Å². The minimum absolute atomic E-state index is 0.0359. The topological polar surface area (TPSA) is 62.1 Å². The van der Waals surface area contributed by atoms with Gasteiger partial charge in [-0.05, 0) is 46.7 Å². The first-order valence-electron chi connectivity index (χ1n) is 10.0. The van der Waals surface area contributed by atoms with E-state index in [0.717, 1.165) is 16.3 Å². The highest BCUT2D eigenvalue weighted by atomic mass is 35.5. The number of anilines is 1. The SMILES string of the molecule is N#C/C(=C\c1ccccc1OCc1cccc2ccccc12)C(=O)Nc1cccc(Cl)c1. The Balaban J connectivity index is 1.56. The zero-order chi connectivity index (χ0) is 22.3. The molecule has 0 spiro atoms. The molecule has 0 atom stereocenters. The molecule has 0 aromatic heterocycles. The summed E-state index contributed by atoms with van der Waals surface area (Å²) in [4.78, 5) is 12.6. The van der Waals surface area contributed by atoms with Gasteiger partial charge in [0.2, 0.25) is 0 Å². The van der Waals surface area contributed by atoms with Gasteiger partial charge in [-0.15, -0.1) is 0 Å². The molecule has 0 unspecified atom stereocenters. The Bertz CT molecular complexity index is 1350. The quantitative estimate of drug-likeness (QED) is 0.272. The van der Waals surface area contributed by atoms with Gasteiger partial charge in [-0.1, -0.05) is 78.3 Å². The second-order valence-electron chi connectivity index (χ2n) is 7.10. The minimum Gasteiger partial charge on any atom is -0.488 e. The van der Waals surface area contributed by atoms with Crippen LogP contribution in [0.25, 0.3) is 16.8 Å². The van der Waals surface area contributed by atoms with Crippen LogP contribution in [-0.2, 0) is 11.4 Å². The van der Waals surface area contributed by atoms with Gasteiger partial charge < -0.3 is 10.1 Å². The van der Waals surface area contributed by atoms with Gasteiger partial charge in [-0.3, -0.25) is 4.79 Å². The third-order valence-electron chi connectivity index (χ3n) is 4.93. The number of nitriles is 1. The number of fused-ring (bicyclic) bond motifs is 1. The first-order valence-corrected chi connectivity index (χ1v) is 10.4. The Morgan fingerprint density at radius 3 is 2.56 bits per heavy atom. The van der Waals surface area contributed by atoms with Crippen LogP contribution in [0.5, 0.6) is 5.75 Å². The number of amides is 1. The van der Waals surface area contributed by atoms with Crippen molar-refractivity contribution in [2.24, 2.45) is 0 Å². The molecule has 32 heavy (non-hydrogen) atoms. The second-order valence-corrected chi connectivity index (χ2v) is 7.54. The van der Waals surface area contributed by atoms with Crippen molar-refractivity contribution in [1.29, 1.82) is 5.26 Å². The number of carbonyl (C=O) groups excluding carboxylic acids is 1. The molecule has 4 aromatic carbocycles. The smallest absolute Gasteiger partial charge is 0.266 e. The number of hydrogen-bond donors (Lipinski definition) is 1. The van der Waals surface area contributed by atoms with Gasteiger partial charge in [-0.2, -0.15) is 5.26 Å². The van der Waals surface area contributed by atoms with Crippen LogP contribution in [-0.4, -0.2) is 5.91 Å². The summed E-state index contributed by atoms with van der Waals surface area (Å²) in [6.45, 7) is 0.364. The largest absolute Gasteiger partial charge is 0.488 e. The van der Waals surface area contributed by atoms with Crippen LogP contribution in [0, 0.1) is 11.3 Å². The van der Waals surface area contributed by atoms with Crippen molar-refractivity contribution < 1.29 is 9.53 Å². The number of nitrogens with zero attached hydrogens (tertiary/aromatic N) is 1. The molecule has 0 bridgehead atoms. The van der Waals surface area contributed by atoms with Crippen LogP contribution in [0.15, 0.2) is 96.6 Å². The highest BCUT2D eigenvalue weighted by molar-refractivity contribution is 6.31. The number of hydrogen-bond acceptors (Lipinski definition) is 3. The lowest BCUT2D eigenvalue weighted by atomic mass is 10.1. The first-order chi connectivity index (χ1) is 15.6. The first kappa shape index (κ1) is 21.2. The van der Waals surface area contributed by atoms with Crippen molar-refractivity contribution in [3.8, 4) is 11.8 Å². The highest BCUT2D eigenvalue weighted by Gasteiger charge is 2.12. The van der Waals surface area contributed by atoms with E-state index in [1.54, 1.807) is 24.3 Å². The summed E-state index contributed by atoms with van der Waals surface area (Å²) < 4.78 is 6.09. The van der Waals surface area contributed by atoms with Crippen molar-refractivity contribution in [2.75, 3.05) is 5.32 Å². The average Bonchev–Trinajstić information content (AvgIpc) is 2.81. The zero-order valence-electron chi connectivity index (χ0n) is 17.1. The van der Waals surface area contributed by atoms with E-state index in [1.165, 1.54) is 6.08 Å². The standard InChI is InChI=1S/C27H19ClN2O2/c28-23-11-6-12-24(16-23)30-27(31)22(17-29)15-20-8-2-4-14-26(20)32-18-21-10-5-9-19-7-1-3-13-25(19)21/h1-16H,18H2,(H,30,31)/b22-15+. The molecule has 0 saturated carbocycles. The van der Waals surface area contributed by atoms with Gasteiger partial charge in [-0.25, -0.2) is 0 Å².